The molecule has 0 saturated heterocycles. The average Bonchev–Trinajstić information content (AvgIpc) is 3.00. The maximum Gasteiger partial charge on any atom is 0.245 e. The zero-order valence-electron chi connectivity index (χ0n) is 15.5. The summed E-state index contributed by atoms with van der Waals surface area (Å²) in [4.78, 5) is 26.2. The van der Waals surface area contributed by atoms with Gasteiger partial charge in [-0.25, -0.2) is 15.0 Å². The number of carbonyl (C=O) groups excluding carboxylic acids is 1. The first kappa shape index (κ1) is 18.1. The lowest BCUT2D eigenvalue weighted by Crippen LogP contribution is -2.25. The van der Waals surface area contributed by atoms with Gasteiger partial charge in [-0.1, -0.05) is 25.1 Å². The molecule has 0 bridgehead atoms. The molecule has 0 fully saturated rings. The first-order chi connectivity index (χ1) is 12.6. The van der Waals surface area contributed by atoms with Gasteiger partial charge in [-0.05, 0) is 18.9 Å². The number of rotatable bonds is 7. The molecule has 0 unspecified atom stereocenters. The van der Waals surface area contributed by atoms with Crippen molar-refractivity contribution < 1.29 is 9.63 Å². The van der Waals surface area contributed by atoms with Crippen LogP contribution in [0.4, 0.5) is 5.82 Å². The molecule has 0 atom stereocenters. The van der Waals surface area contributed by atoms with Crippen LogP contribution in [0.1, 0.15) is 32.0 Å². The molecule has 2 aromatic heterocycles. The van der Waals surface area contributed by atoms with Gasteiger partial charge in [0, 0.05) is 31.8 Å². The number of imidazole rings is 1. The van der Waals surface area contributed by atoms with E-state index < -0.39 is 0 Å². The summed E-state index contributed by atoms with van der Waals surface area (Å²) in [5, 5.41) is 2.29. The van der Waals surface area contributed by atoms with Gasteiger partial charge in [-0.3, -0.25) is 9.63 Å². The van der Waals surface area contributed by atoms with E-state index in [4.69, 9.17) is 15.6 Å². The number of hydrogen-bond donors (Lipinski definition) is 1. The molecule has 3 rings (SSSR count). The summed E-state index contributed by atoms with van der Waals surface area (Å²) in [6.07, 6.45) is 2.95. The molecular formula is C19H25N5O2. The number of nitrogens with two attached hydrogens (primary N) is 1. The Balaban J connectivity index is 2.01. The zero-order chi connectivity index (χ0) is 18.7. The topological polar surface area (TPSA) is 86.3 Å². The molecule has 1 amide bonds. The molecule has 1 aromatic carbocycles. The molecule has 0 aliphatic heterocycles. The minimum Gasteiger partial charge on any atom is -0.382 e. The minimum absolute atomic E-state index is 0.0417. The van der Waals surface area contributed by atoms with E-state index in [1.165, 1.54) is 12.2 Å². The molecule has 0 spiro atoms. The summed E-state index contributed by atoms with van der Waals surface area (Å²) in [5.74, 6) is 1.39. The number of aromatic nitrogens is 3. The van der Waals surface area contributed by atoms with Gasteiger partial charge in [0.1, 0.15) is 11.3 Å². The third kappa shape index (κ3) is 3.35. The number of hydrogen-bond acceptors (Lipinski definition) is 5. The Hall–Kier alpha value is -2.67. The van der Waals surface area contributed by atoms with Crippen LogP contribution in [0.3, 0.4) is 0 Å². The van der Waals surface area contributed by atoms with Crippen LogP contribution >= 0.6 is 0 Å². The molecule has 2 heterocycles. The van der Waals surface area contributed by atoms with E-state index in [1.54, 1.807) is 7.05 Å². The number of amides is 1. The second-order valence-corrected chi connectivity index (χ2v) is 6.32. The number of hydroxylamine groups is 2. The Bertz CT molecular complexity index is 934. The lowest BCUT2D eigenvalue weighted by atomic mass is 10.2. The number of anilines is 1. The van der Waals surface area contributed by atoms with Crippen molar-refractivity contribution in [2.45, 2.75) is 39.2 Å². The smallest absolute Gasteiger partial charge is 0.245 e. The van der Waals surface area contributed by atoms with E-state index in [2.05, 4.69) is 16.5 Å². The van der Waals surface area contributed by atoms with Gasteiger partial charge in [0.15, 0.2) is 5.82 Å². The van der Waals surface area contributed by atoms with Crippen LogP contribution in [0.15, 0.2) is 24.3 Å². The first-order valence-corrected chi connectivity index (χ1v) is 8.90. The van der Waals surface area contributed by atoms with Crippen LogP contribution in [0.5, 0.6) is 0 Å². The number of nitrogens with zero attached hydrogens (tertiary/aromatic N) is 4. The Morgan fingerprint density at radius 2 is 2.08 bits per heavy atom. The predicted octanol–water partition coefficient (Wildman–Crippen LogP) is 2.92. The summed E-state index contributed by atoms with van der Waals surface area (Å²) < 4.78 is 2.19. The number of aryl methyl sites for hydroxylation is 2. The lowest BCUT2D eigenvalue weighted by molar-refractivity contribution is -0.168. The van der Waals surface area contributed by atoms with Crippen LogP contribution in [-0.2, 0) is 22.6 Å². The number of benzene rings is 1. The summed E-state index contributed by atoms with van der Waals surface area (Å²) in [6.45, 7) is 2.82. The summed E-state index contributed by atoms with van der Waals surface area (Å²) in [5.41, 5.74) is 8.78. The Morgan fingerprint density at radius 1 is 1.31 bits per heavy atom. The van der Waals surface area contributed by atoms with E-state index in [-0.39, 0.29) is 5.91 Å². The molecule has 0 aliphatic carbocycles. The van der Waals surface area contributed by atoms with E-state index in [0.29, 0.717) is 25.2 Å². The van der Waals surface area contributed by atoms with Crippen LogP contribution in [0.25, 0.3) is 21.9 Å². The van der Waals surface area contributed by atoms with Crippen LogP contribution in [-0.4, -0.2) is 39.7 Å². The van der Waals surface area contributed by atoms with Crippen LogP contribution in [0, 0.1) is 0 Å². The van der Waals surface area contributed by atoms with Crippen molar-refractivity contribution in [1.29, 1.82) is 0 Å². The van der Waals surface area contributed by atoms with Crippen LogP contribution in [0.2, 0.25) is 0 Å². The average molecular weight is 355 g/mol. The molecule has 7 heteroatoms. The first-order valence-electron chi connectivity index (χ1n) is 8.90. The van der Waals surface area contributed by atoms with E-state index in [0.717, 1.165) is 40.6 Å². The quantitative estimate of drug-likeness (QED) is 0.659. The number of nitrogen functional groups attached to an aromatic ring is 1. The van der Waals surface area contributed by atoms with Crippen molar-refractivity contribution in [3.8, 4) is 0 Å². The second kappa shape index (κ2) is 7.70. The fourth-order valence-electron chi connectivity index (χ4n) is 3.21. The molecule has 3 aromatic rings. The van der Waals surface area contributed by atoms with Crippen molar-refractivity contribution >= 4 is 33.7 Å². The highest BCUT2D eigenvalue weighted by molar-refractivity contribution is 6.06. The van der Waals surface area contributed by atoms with Crippen molar-refractivity contribution in [2.75, 3.05) is 19.9 Å². The maximum absolute atomic E-state index is 12.0. The van der Waals surface area contributed by atoms with E-state index in [9.17, 15) is 4.79 Å². The van der Waals surface area contributed by atoms with E-state index in [1.807, 2.05) is 24.3 Å². The molecule has 26 heavy (non-hydrogen) atoms. The van der Waals surface area contributed by atoms with Crippen molar-refractivity contribution in [1.82, 2.24) is 19.6 Å². The van der Waals surface area contributed by atoms with Gasteiger partial charge in [-0.2, -0.15) is 0 Å². The number of fused-ring (bicyclic) bond motifs is 3. The predicted molar refractivity (Wildman–Crippen MR) is 102 cm³/mol. The van der Waals surface area contributed by atoms with Gasteiger partial charge in [0.2, 0.25) is 5.91 Å². The Morgan fingerprint density at radius 3 is 2.81 bits per heavy atom. The summed E-state index contributed by atoms with van der Waals surface area (Å²) in [6, 6.07) is 7.95. The largest absolute Gasteiger partial charge is 0.382 e. The summed E-state index contributed by atoms with van der Waals surface area (Å²) >= 11 is 0. The molecule has 138 valence electrons. The van der Waals surface area contributed by atoms with Gasteiger partial charge in [0.25, 0.3) is 0 Å². The third-order valence-corrected chi connectivity index (χ3v) is 4.56. The normalized spacial score (nSPS) is 11.3. The fourth-order valence-corrected chi connectivity index (χ4v) is 3.21. The highest BCUT2D eigenvalue weighted by atomic mass is 16.7. The number of para-hydroxylation sites is 1. The zero-order valence-corrected chi connectivity index (χ0v) is 15.5. The molecular weight excluding hydrogens is 330 g/mol. The van der Waals surface area contributed by atoms with Gasteiger partial charge in [-0.15, -0.1) is 0 Å². The number of carbonyl (C=O) groups is 1. The molecule has 7 nitrogen and oxygen atoms in total. The van der Waals surface area contributed by atoms with Gasteiger partial charge >= 0.3 is 0 Å². The Kier molecular flexibility index (Phi) is 5.37. The molecule has 0 aliphatic rings. The van der Waals surface area contributed by atoms with Crippen LogP contribution < -0.4 is 5.73 Å². The monoisotopic (exact) mass is 355 g/mol. The second-order valence-electron chi connectivity index (χ2n) is 6.32. The van der Waals surface area contributed by atoms with Gasteiger partial charge in [0.05, 0.1) is 18.1 Å². The minimum atomic E-state index is -0.0417. The fraction of sp³-hybridized carbons (Fsp3) is 0.421. The summed E-state index contributed by atoms with van der Waals surface area (Å²) in [7, 11) is 3.11. The maximum atomic E-state index is 12.0. The lowest BCUT2D eigenvalue weighted by Gasteiger charge is -2.14. The highest BCUT2D eigenvalue weighted by Gasteiger charge is 2.17. The standard InChI is InChI=1S/C19H25N5O2/c1-4-8-15-22-17-18(13-9-5-6-10-14(13)21-19(17)20)24(15)12-7-11-16(25)23(2)26-3/h5-6,9-10H,4,7-8,11-12H2,1-3H3,(H2,20,21). The van der Waals surface area contributed by atoms with Crippen molar-refractivity contribution in [3.05, 3.63) is 30.1 Å². The molecule has 0 saturated carbocycles. The third-order valence-electron chi connectivity index (χ3n) is 4.56. The van der Waals surface area contributed by atoms with Crippen molar-refractivity contribution in [3.63, 3.8) is 0 Å². The molecule has 2 N–H and O–H groups in total. The number of pyridine rings is 1. The van der Waals surface area contributed by atoms with E-state index >= 15 is 0 Å². The SMILES string of the molecule is CCCc1nc2c(N)nc3ccccc3c2n1CCCC(=O)N(C)OC. The van der Waals surface area contributed by atoms with Crippen molar-refractivity contribution in [2.24, 2.45) is 0 Å². The highest BCUT2D eigenvalue weighted by Crippen LogP contribution is 2.29. The Labute approximate surface area is 152 Å². The molecule has 0 radical (unpaired) electrons. The van der Waals surface area contributed by atoms with Gasteiger partial charge < -0.3 is 10.3 Å².